The van der Waals surface area contributed by atoms with Crippen molar-refractivity contribution < 1.29 is 22.7 Å². The Bertz CT molecular complexity index is 1270. The number of carbonyl (C=O) groups excluding carboxylic acids is 1. The van der Waals surface area contributed by atoms with Crippen LogP contribution in [-0.4, -0.2) is 38.5 Å². The molecule has 2 aliphatic rings. The fraction of sp³-hybridized carbons (Fsp3) is 0.292. The van der Waals surface area contributed by atoms with E-state index in [4.69, 9.17) is 9.47 Å². The van der Waals surface area contributed by atoms with E-state index in [-0.39, 0.29) is 30.1 Å². The molecule has 5 rings (SSSR count). The zero-order valence-corrected chi connectivity index (χ0v) is 18.3. The summed E-state index contributed by atoms with van der Waals surface area (Å²) in [7, 11) is -3.67. The van der Waals surface area contributed by atoms with Crippen molar-refractivity contribution >= 4 is 26.7 Å². The summed E-state index contributed by atoms with van der Waals surface area (Å²) >= 11 is 0. The molecule has 1 N–H and O–H groups in total. The molecule has 3 aromatic carbocycles. The number of benzene rings is 3. The number of amides is 1. The van der Waals surface area contributed by atoms with E-state index in [1.54, 1.807) is 12.1 Å². The van der Waals surface area contributed by atoms with Crippen LogP contribution in [0.25, 0.3) is 10.8 Å². The van der Waals surface area contributed by atoms with Crippen molar-refractivity contribution in [2.45, 2.75) is 24.3 Å². The molecule has 32 heavy (non-hydrogen) atoms. The van der Waals surface area contributed by atoms with Crippen LogP contribution >= 0.6 is 0 Å². The van der Waals surface area contributed by atoms with Crippen LogP contribution in [-0.2, 0) is 21.4 Å². The number of fused-ring (bicyclic) bond motifs is 2. The number of ether oxygens (including phenoxy) is 2. The molecule has 0 saturated carbocycles. The summed E-state index contributed by atoms with van der Waals surface area (Å²) in [5.74, 6) is 0.845. The monoisotopic (exact) mass is 452 g/mol. The maximum atomic E-state index is 13.3. The zero-order chi connectivity index (χ0) is 22.1. The molecule has 1 saturated heterocycles. The highest BCUT2D eigenvalue weighted by Gasteiger charge is 2.33. The molecule has 0 aromatic heterocycles. The Balaban J connectivity index is 1.26. The third-order valence-electron chi connectivity index (χ3n) is 6.02. The van der Waals surface area contributed by atoms with Crippen LogP contribution in [0.4, 0.5) is 0 Å². The molecule has 0 aliphatic carbocycles. The van der Waals surface area contributed by atoms with E-state index in [0.717, 1.165) is 16.3 Å². The number of carbonyl (C=O) groups is 1. The predicted octanol–water partition coefficient (Wildman–Crippen LogP) is 3.29. The maximum absolute atomic E-state index is 13.3. The Kier molecular flexibility index (Phi) is 5.48. The van der Waals surface area contributed by atoms with Gasteiger partial charge in [0.05, 0.1) is 10.8 Å². The van der Waals surface area contributed by atoms with E-state index in [0.29, 0.717) is 37.4 Å². The van der Waals surface area contributed by atoms with Gasteiger partial charge in [0.1, 0.15) is 0 Å². The van der Waals surface area contributed by atoms with E-state index in [1.165, 1.54) is 4.31 Å². The lowest BCUT2D eigenvalue weighted by Gasteiger charge is -2.31. The van der Waals surface area contributed by atoms with Gasteiger partial charge in [0.25, 0.3) is 0 Å². The first-order valence-electron chi connectivity index (χ1n) is 10.7. The van der Waals surface area contributed by atoms with Crippen LogP contribution in [0.1, 0.15) is 18.4 Å². The zero-order valence-electron chi connectivity index (χ0n) is 17.5. The van der Waals surface area contributed by atoms with E-state index in [2.05, 4.69) is 5.32 Å². The highest BCUT2D eigenvalue weighted by atomic mass is 32.2. The average Bonchev–Trinajstić information content (AvgIpc) is 3.30. The highest BCUT2D eigenvalue weighted by Crippen LogP contribution is 2.32. The molecular weight excluding hydrogens is 428 g/mol. The first-order chi connectivity index (χ1) is 15.5. The largest absolute Gasteiger partial charge is 0.454 e. The number of piperidine rings is 1. The molecule has 1 unspecified atom stereocenters. The minimum atomic E-state index is -3.67. The first-order valence-corrected chi connectivity index (χ1v) is 12.1. The summed E-state index contributed by atoms with van der Waals surface area (Å²) in [5, 5.41) is 4.81. The van der Waals surface area contributed by atoms with Gasteiger partial charge in [-0.2, -0.15) is 4.31 Å². The van der Waals surface area contributed by atoms with Crippen molar-refractivity contribution in [3.63, 3.8) is 0 Å². The fourth-order valence-corrected chi connectivity index (χ4v) is 5.80. The Morgan fingerprint density at radius 3 is 2.69 bits per heavy atom. The van der Waals surface area contributed by atoms with Gasteiger partial charge in [-0.3, -0.25) is 4.79 Å². The molecule has 0 bridgehead atoms. The van der Waals surface area contributed by atoms with Gasteiger partial charge < -0.3 is 14.8 Å². The molecule has 8 heteroatoms. The number of sulfonamides is 1. The summed E-state index contributed by atoms with van der Waals surface area (Å²) in [6.45, 7) is 1.15. The Hall–Kier alpha value is -3.10. The number of nitrogens with one attached hydrogen (secondary N) is 1. The van der Waals surface area contributed by atoms with Crippen molar-refractivity contribution in [3.8, 4) is 11.5 Å². The standard InChI is InChI=1S/C24H24N2O5S/c27-24(25-14-17-7-10-22-23(12-17)31-16-30-22)20-6-3-11-26(15-20)32(28,29)21-9-8-18-4-1-2-5-19(18)13-21/h1-2,4-5,7-10,12-13,20H,3,6,11,14-16H2,(H,25,27). The number of nitrogens with zero attached hydrogens (tertiary/aromatic N) is 1. The van der Waals surface area contributed by atoms with Crippen LogP contribution in [0.15, 0.2) is 65.6 Å². The molecular formula is C24H24N2O5S. The van der Waals surface area contributed by atoms with E-state index in [9.17, 15) is 13.2 Å². The third-order valence-corrected chi connectivity index (χ3v) is 7.88. The smallest absolute Gasteiger partial charge is 0.243 e. The third kappa shape index (κ3) is 4.03. The average molecular weight is 453 g/mol. The highest BCUT2D eigenvalue weighted by molar-refractivity contribution is 7.89. The van der Waals surface area contributed by atoms with Crippen LogP contribution < -0.4 is 14.8 Å². The summed E-state index contributed by atoms with van der Waals surface area (Å²) in [6.07, 6.45) is 1.31. The lowest BCUT2D eigenvalue weighted by atomic mass is 9.98. The number of hydrogen-bond donors (Lipinski definition) is 1. The van der Waals surface area contributed by atoms with E-state index < -0.39 is 10.0 Å². The molecule has 1 fully saturated rings. The van der Waals surface area contributed by atoms with E-state index >= 15 is 0 Å². The van der Waals surface area contributed by atoms with Gasteiger partial charge in [-0.15, -0.1) is 0 Å². The van der Waals surface area contributed by atoms with Gasteiger partial charge in [-0.05, 0) is 53.4 Å². The molecule has 2 aliphatic heterocycles. The van der Waals surface area contributed by atoms with Crippen LogP contribution in [0.3, 0.4) is 0 Å². The van der Waals surface area contributed by atoms with E-state index in [1.807, 2.05) is 48.5 Å². The van der Waals surface area contributed by atoms with Crippen molar-refractivity contribution in [2.24, 2.45) is 5.92 Å². The molecule has 1 amide bonds. The number of hydrogen-bond acceptors (Lipinski definition) is 5. The van der Waals surface area contributed by atoms with Crippen molar-refractivity contribution in [2.75, 3.05) is 19.9 Å². The second kappa shape index (κ2) is 8.44. The summed E-state index contributed by atoms with van der Waals surface area (Å²) in [6, 6.07) is 18.4. The van der Waals surface area contributed by atoms with Gasteiger partial charge in [0.15, 0.2) is 11.5 Å². The molecule has 0 radical (unpaired) electrons. The maximum Gasteiger partial charge on any atom is 0.243 e. The molecule has 166 valence electrons. The second-order valence-corrected chi connectivity index (χ2v) is 10.1. The Labute approximate surface area is 187 Å². The second-order valence-electron chi connectivity index (χ2n) is 8.12. The normalized spacial score (nSPS) is 18.6. The van der Waals surface area contributed by atoms with Crippen molar-refractivity contribution in [3.05, 3.63) is 66.2 Å². The summed E-state index contributed by atoms with van der Waals surface area (Å²) < 4.78 is 38.6. The lowest BCUT2D eigenvalue weighted by Crippen LogP contribution is -2.45. The van der Waals surface area contributed by atoms with Crippen LogP contribution in [0, 0.1) is 5.92 Å². The minimum absolute atomic E-state index is 0.138. The molecule has 2 heterocycles. The van der Waals surface area contributed by atoms with Gasteiger partial charge in [-0.1, -0.05) is 36.4 Å². The predicted molar refractivity (Wildman–Crippen MR) is 120 cm³/mol. The lowest BCUT2D eigenvalue weighted by molar-refractivity contribution is -0.126. The summed E-state index contributed by atoms with van der Waals surface area (Å²) in [5.41, 5.74) is 0.902. The fourth-order valence-electron chi connectivity index (χ4n) is 4.24. The summed E-state index contributed by atoms with van der Waals surface area (Å²) in [4.78, 5) is 13.1. The van der Waals surface area contributed by atoms with Crippen LogP contribution in [0.5, 0.6) is 11.5 Å². The van der Waals surface area contributed by atoms with Crippen molar-refractivity contribution in [1.29, 1.82) is 0 Å². The van der Waals surface area contributed by atoms with Crippen LogP contribution in [0.2, 0.25) is 0 Å². The van der Waals surface area contributed by atoms with Gasteiger partial charge in [-0.25, -0.2) is 8.42 Å². The minimum Gasteiger partial charge on any atom is -0.454 e. The Morgan fingerprint density at radius 1 is 1.00 bits per heavy atom. The molecule has 3 aromatic rings. The SMILES string of the molecule is O=C(NCc1ccc2c(c1)OCO2)C1CCCN(S(=O)(=O)c2ccc3ccccc3c2)C1. The van der Waals surface area contributed by atoms with Gasteiger partial charge >= 0.3 is 0 Å². The van der Waals surface area contributed by atoms with Gasteiger partial charge in [0.2, 0.25) is 22.7 Å². The van der Waals surface area contributed by atoms with Crippen molar-refractivity contribution in [1.82, 2.24) is 9.62 Å². The quantitative estimate of drug-likeness (QED) is 0.642. The topological polar surface area (TPSA) is 84.9 Å². The number of rotatable bonds is 5. The molecule has 1 atom stereocenters. The Morgan fingerprint density at radius 2 is 1.81 bits per heavy atom. The molecule has 7 nitrogen and oxygen atoms in total. The first kappa shape index (κ1) is 20.8. The van der Waals surface area contributed by atoms with Gasteiger partial charge in [0, 0.05) is 19.6 Å². The molecule has 0 spiro atoms.